The highest BCUT2D eigenvalue weighted by molar-refractivity contribution is 4.78. The van der Waals surface area contributed by atoms with Crippen molar-refractivity contribution in [2.45, 2.75) is 83.1 Å². The van der Waals surface area contributed by atoms with Crippen molar-refractivity contribution in [3.05, 3.63) is 25.3 Å². The minimum Gasteiger partial charge on any atom is -0.106 e. The molecule has 0 saturated heterocycles. The number of hydrogen-bond acceptors (Lipinski definition) is 0. The van der Waals surface area contributed by atoms with Crippen molar-refractivity contribution in [3.63, 3.8) is 0 Å². The van der Waals surface area contributed by atoms with Crippen LogP contribution in [0.15, 0.2) is 25.3 Å². The molecule has 0 heteroatoms. The topological polar surface area (TPSA) is 0 Å². The Morgan fingerprint density at radius 3 is 0.500 bits per heavy atom. The zero-order chi connectivity index (χ0) is 15.6. The third-order valence-electron chi connectivity index (χ3n) is 0. The van der Waals surface area contributed by atoms with Gasteiger partial charge in [0.15, 0.2) is 0 Å². The molecule has 0 fully saturated rings. The first-order chi connectivity index (χ1) is 7.73. The van der Waals surface area contributed by atoms with Crippen LogP contribution in [-0.4, -0.2) is 0 Å². The fraction of sp³-hybridized carbons (Fsp3) is 0.750. The first-order valence-corrected chi connectivity index (χ1v) is 6.85. The molecule has 106 valence electrons. The van der Waals surface area contributed by atoms with Crippen molar-refractivity contribution in [1.29, 1.82) is 0 Å². The SMILES string of the molecule is C=C.C=C(C)C.CC.CC.CC.CC.CC. The molecule has 0 aromatic heterocycles. The molecule has 0 aromatic rings. The largest absolute Gasteiger partial charge is 0.106 e. The van der Waals surface area contributed by atoms with Crippen LogP contribution in [0.1, 0.15) is 83.1 Å². The van der Waals surface area contributed by atoms with Crippen LogP contribution in [0.2, 0.25) is 0 Å². The standard InChI is InChI=1S/C4H8.5C2H6.C2H4/c1-4(2)3;6*1-2/h1H2,2-3H3;5*1-2H3;1-2H2. The maximum Gasteiger partial charge on any atom is -0.0445 e. The lowest BCUT2D eigenvalue weighted by Gasteiger charge is -1.65. The van der Waals surface area contributed by atoms with Crippen molar-refractivity contribution in [2.75, 3.05) is 0 Å². The average Bonchev–Trinajstić information content (AvgIpc) is 2.42. The predicted molar refractivity (Wildman–Crippen MR) is 88.5 cm³/mol. The molecule has 0 rings (SSSR count). The average molecular weight is 235 g/mol. The first-order valence-electron chi connectivity index (χ1n) is 6.85. The number of rotatable bonds is 0. The van der Waals surface area contributed by atoms with Gasteiger partial charge in [-0.3, -0.25) is 0 Å². The summed E-state index contributed by atoms with van der Waals surface area (Å²) in [6, 6.07) is 0. The minimum absolute atomic E-state index is 1.17. The van der Waals surface area contributed by atoms with E-state index in [1.165, 1.54) is 5.57 Å². The normalized spacial score (nSPS) is 3.75. The van der Waals surface area contributed by atoms with Crippen LogP contribution in [0.3, 0.4) is 0 Å². The van der Waals surface area contributed by atoms with Gasteiger partial charge in [-0.1, -0.05) is 74.8 Å². The van der Waals surface area contributed by atoms with Crippen molar-refractivity contribution in [2.24, 2.45) is 0 Å². The lowest BCUT2D eigenvalue weighted by atomic mass is 10.4. The molecule has 0 radical (unpaired) electrons. The van der Waals surface area contributed by atoms with E-state index in [2.05, 4.69) is 19.7 Å². The third-order valence-corrected chi connectivity index (χ3v) is 0. The van der Waals surface area contributed by atoms with E-state index in [9.17, 15) is 0 Å². The quantitative estimate of drug-likeness (QED) is 0.380. The van der Waals surface area contributed by atoms with Crippen LogP contribution in [0, 0.1) is 0 Å². The van der Waals surface area contributed by atoms with Gasteiger partial charge in [0.2, 0.25) is 0 Å². The van der Waals surface area contributed by atoms with Gasteiger partial charge in [-0.25, -0.2) is 0 Å². The van der Waals surface area contributed by atoms with Crippen LogP contribution in [0.4, 0.5) is 0 Å². The Kier molecular flexibility index (Phi) is 1210. The smallest absolute Gasteiger partial charge is 0.0445 e. The van der Waals surface area contributed by atoms with Crippen LogP contribution >= 0.6 is 0 Å². The molecule has 0 aliphatic rings. The van der Waals surface area contributed by atoms with Gasteiger partial charge in [0.25, 0.3) is 0 Å². The first kappa shape index (κ1) is 45.1. The Labute approximate surface area is 109 Å². The summed E-state index contributed by atoms with van der Waals surface area (Å²) in [5.41, 5.74) is 1.17. The molecular formula is C16H42. The minimum atomic E-state index is 1.17. The fourth-order valence-electron chi connectivity index (χ4n) is 0. The van der Waals surface area contributed by atoms with Crippen LogP contribution < -0.4 is 0 Å². The fourth-order valence-corrected chi connectivity index (χ4v) is 0. The Hall–Kier alpha value is -0.520. The highest BCUT2D eigenvalue weighted by Crippen LogP contribution is 1.73. The number of allylic oxidation sites excluding steroid dienone is 1. The van der Waals surface area contributed by atoms with Crippen molar-refractivity contribution >= 4 is 0 Å². The molecule has 0 nitrogen and oxygen atoms in total. The summed E-state index contributed by atoms with van der Waals surface area (Å²) in [5, 5.41) is 0. The maximum absolute atomic E-state index is 3.56. The summed E-state index contributed by atoms with van der Waals surface area (Å²) in [4.78, 5) is 0. The second-order valence-corrected chi connectivity index (χ2v) is 1.21. The summed E-state index contributed by atoms with van der Waals surface area (Å²) >= 11 is 0. The summed E-state index contributed by atoms with van der Waals surface area (Å²) in [7, 11) is 0. The number of hydrogen-bond donors (Lipinski definition) is 0. The van der Waals surface area contributed by atoms with Gasteiger partial charge in [-0.05, 0) is 13.8 Å². The Balaban J connectivity index is -0.0000000122. The van der Waals surface area contributed by atoms with E-state index >= 15 is 0 Å². The lowest BCUT2D eigenvalue weighted by Crippen LogP contribution is -1.43. The molecule has 0 N–H and O–H groups in total. The predicted octanol–water partition coefficient (Wildman–Crippen LogP) is 7.52. The van der Waals surface area contributed by atoms with Crippen LogP contribution in [0.5, 0.6) is 0 Å². The second-order valence-electron chi connectivity index (χ2n) is 1.21. The van der Waals surface area contributed by atoms with E-state index in [-0.39, 0.29) is 0 Å². The highest BCUT2D eigenvalue weighted by Gasteiger charge is 1.51. The zero-order valence-electron chi connectivity index (χ0n) is 14.6. The molecule has 0 aliphatic heterocycles. The van der Waals surface area contributed by atoms with Gasteiger partial charge >= 0.3 is 0 Å². The van der Waals surface area contributed by atoms with Gasteiger partial charge in [0, 0.05) is 0 Å². The van der Waals surface area contributed by atoms with Crippen LogP contribution in [0.25, 0.3) is 0 Å². The van der Waals surface area contributed by atoms with E-state index in [1.807, 2.05) is 83.1 Å². The molecule has 0 aromatic carbocycles. The van der Waals surface area contributed by atoms with Gasteiger partial charge in [0.1, 0.15) is 0 Å². The van der Waals surface area contributed by atoms with Crippen molar-refractivity contribution < 1.29 is 0 Å². The summed E-state index contributed by atoms with van der Waals surface area (Å²) in [6.07, 6.45) is 0. The molecule has 0 atom stereocenters. The third kappa shape index (κ3) is 7760. The van der Waals surface area contributed by atoms with Gasteiger partial charge in [-0.15, -0.1) is 19.7 Å². The molecule has 0 unspecified atom stereocenters. The Morgan fingerprint density at radius 1 is 0.500 bits per heavy atom. The Bertz CT molecular complexity index is 31.3. The highest BCUT2D eigenvalue weighted by atomic mass is 13.6. The molecule has 0 amide bonds. The van der Waals surface area contributed by atoms with E-state index in [4.69, 9.17) is 0 Å². The zero-order valence-corrected chi connectivity index (χ0v) is 14.6. The molecule has 0 aliphatic carbocycles. The monoisotopic (exact) mass is 234 g/mol. The molecule has 16 heavy (non-hydrogen) atoms. The Morgan fingerprint density at radius 2 is 0.500 bits per heavy atom. The van der Waals surface area contributed by atoms with Crippen molar-refractivity contribution in [3.8, 4) is 0 Å². The molecule has 0 heterocycles. The molecular weight excluding hydrogens is 192 g/mol. The molecule has 0 bridgehead atoms. The molecule has 0 saturated carbocycles. The van der Waals surface area contributed by atoms with Crippen molar-refractivity contribution in [1.82, 2.24) is 0 Å². The van der Waals surface area contributed by atoms with Crippen LogP contribution in [-0.2, 0) is 0 Å². The van der Waals surface area contributed by atoms with E-state index in [0.29, 0.717) is 0 Å². The molecule has 0 spiro atoms. The van der Waals surface area contributed by atoms with E-state index in [1.54, 1.807) is 0 Å². The second kappa shape index (κ2) is 428. The van der Waals surface area contributed by atoms with E-state index < -0.39 is 0 Å². The lowest BCUT2D eigenvalue weighted by molar-refractivity contribution is 1.42. The summed E-state index contributed by atoms with van der Waals surface area (Å²) in [6.45, 7) is 33.5. The van der Waals surface area contributed by atoms with Gasteiger partial charge in [0.05, 0.1) is 0 Å². The maximum atomic E-state index is 3.56. The summed E-state index contributed by atoms with van der Waals surface area (Å²) in [5.74, 6) is 0. The van der Waals surface area contributed by atoms with E-state index in [0.717, 1.165) is 0 Å². The van der Waals surface area contributed by atoms with Gasteiger partial charge < -0.3 is 0 Å². The van der Waals surface area contributed by atoms with Gasteiger partial charge in [-0.2, -0.15) is 0 Å². The summed E-state index contributed by atoms with van der Waals surface area (Å²) < 4.78 is 0.